The summed E-state index contributed by atoms with van der Waals surface area (Å²) in [6, 6.07) is 7.64. The number of anilines is 1. The molecule has 4 nitrogen and oxygen atoms in total. The number of nitrogens with one attached hydrogen (secondary N) is 1. The summed E-state index contributed by atoms with van der Waals surface area (Å²) >= 11 is 0. The Hall–Kier alpha value is -1.39. The molecule has 0 saturated heterocycles. The number of carbonyl (C=O) groups excluding carboxylic acids is 1. The van der Waals surface area contributed by atoms with Gasteiger partial charge in [-0.15, -0.1) is 0 Å². The van der Waals surface area contributed by atoms with Crippen LogP contribution in [0.3, 0.4) is 0 Å². The van der Waals surface area contributed by atoms with Crippen molar-refractivity contribution < 1.29 is 9.53 Å². The van der Waals surface area contributed by atoms with Crippen molar-refractivity contribution in [1.82, 2.24) is 0 Å². The highest BCUT2D eigenvalue weighted by Crippen LogP contribution is 2.12. The van der Waals surface area contributed by atoms with Gasteiger partial charge >= 0.3 is 0 Å². The van der Waals surface area contributed by atoms with Crippen LogP contribution < -0.4 is 11.1 Å². The molecule has 17 heavy (non-hydrogen) atoms. The second-order valence-corrected chi connectivity index (χ2v) is 4.23. The number of hydrogen-bond acceptors (Lipinski definition) is 3. The molecule has 0 spiro atoms. The lowest BCUT2D eigenvalue weighted by Gasteiger charge is -2.10. The number of ether oxygens (including phenoxy) is 1. The molecule has 0 aliphatic carbocycles. The molecule has 0 aromatic heterocycles. The van der Waals surface area contributed by atoms with Crippen molar-refractivity contribution in [2.45, 2.75) is 20.0 Å². The summed E-state index contributed by atoms with van der Waals surface area (Å²) in [5.41, 5.74) is 7.32. The number of nitrogens with two attached hydrogens (primary N) is 1. The maximum Gasteiger partial charge on any atom is 0.224 e. The van der Waals surface area contributed by atoms with Gasteiger partial charge in [0.25, 0.3) is 0 Å². The summed E-state index contributed by atoms with van der Waals surface area (Å²) in [5, 5.41) is 2.86. The van der Waals surface area contributed by atoms with Crippen molar-refractivity contribution in [2.75, 3.05) is 19.0 Å². The molecule has 1 amide bonds. The minimum atomic E-state index is -0.00230. The Bertz CT molecular complexity index is 366. The number of methoxy groups -OCH3 is 1. The summed E-state index contributed by atoms with van der Waals surface area (Å²) in [6.45, 7) is 3.03. The maximum atomic E-state index is 11.7. The monoisotopic (exact) mass is 236 g/mol. The van der Waals surface area contributed by atoms with Gasteiger partial charge in [-0.05, 0) is 30.2 Å². The van der Waals surface area contributed by atoms with Crippen LogP contribution in [0.25, 0.3) is 0 Å². The third kappa shape index (κ3) is 4.97. The average molecular weight is 236 g/mol. The molecule has 1 aromatic carbocycles. The minimum Gasteiger partial charge on any atom is -0.380 e. The summed E-state index contributed by atoms with van der Waals surface area (Å²) in [5.74, 6) is 0.203. The van der Waals surface area contributed by atoms with E-state index in [1.807, 2.05) is 31.2 Å². The second-order valence-electron chi connectivity index (χ2n) is 4.23. The molecule has 0 radical (unpaired) electrons. The highest BCUT2D eigenvalue weighted by Gasteiger charge is 2.07. The minimum absolute atomic E-state index is 0.00230. The van der Waals surface area contributed by atoms with E-state index in [0.29, 0.717) is 19.6 Å². The van der Waals surface area contributed by atoms with Crippen LogP contribution in [0.5, 0.6) is 0 Å². The van der Waals surface area contributed by atoms with E-state index < -0.39 is 0 Å². The van der Waals surface area contributed by atoms with Gasteiger partial charge in [0.15, 0.2) is 0 Å². The predicted octanol–water partition coefficient (Wildman–Crippen LogP) is 1.76. The first kappa shape index (κ1) is 13.7. The summed E-state index contributed by atoms with van der Waals surface area (Å²) in [4.78, 5) is 11.7. The fourth-order valence-electron chi connectivity index (χ4n) is 1.52. The van der Waals surface area contributed by atoms with E-state index in [1.165, 1.54) is 0 Å². The standard InChI is InChI=1S/C13H20N2O2/c1-10(8-14)6-13(16)15-12-5-3-4-11(7-12)9-17-2/h3-5,7,10H,6,8-9,14H2,1-2H3,(H,15,16). The Morgan fingerprint density at radius 3 is 2.94 bits per heavy atom. The average Bonchev–Trinajstić information content (AvgIpc) is 2.29. The van der Waals surface area contributed by atoms with E-state index in [-0.39, 0.29) is 11.8 Å². The van der Waals surface area contributed by atoms with Crippen molar-refractivity contribution in [3.63, 3.8) is 0 Å². The predicted molar refractivity (Wildman–Crippen MR) is 68.6 cm³/mol. The molecule has 1 atom stereocenters. The van der Waals surface area contributed by atoms with Gasteiger partial charge in [0, 0.05) is 19.2 Å². The van der Waals surface area contributed by atoms with Gasteiger partial charge in [0.2, 0.25) is 5.91 Å². The topological polar surface area (TPSA) is 64.3 Å². The lowest BCUT2D eigenvalue weighted by molar-refractivity contribution is -0.116. The maximum absolute atomic E-state index is 11.7. The highest BCUT2D eigenvalue weighted by atomic mass is 16.5. The van der Waals surface area contributed by atoms with Crippen molar-refractivity contribution >= 4 is 11.6 Å². The Labute approximate surface area is 102 Å². The molecule has 0 bridgehead atoms. The van der Waals surface area contributed by atoms with E-state index in [2.05, 4.69) is 5.32 Å². The molecule has 3 N–H and O–H groups in total. The van der Waals surface area contributed by atoms with Gasteiger partial charge in [-0.25, -0.2) is 0 Å². The Kier molecular flexibility index (Phi) is 5.66. The van der Waals surface area contributed by atoms with E-state index in [0.717, 1.165) is 11.3 Å². The van der Waals surface area contributed by atoms with Crippen molar-refractivity contribution in [1.29, 1.82) is 0 Å². The van der Waals surface area contributed by atoms with Crippen LogP contribution in [0.15, 0.2) is 24.3 Å². The molecule has 0 aliphatic heterocycles. The van der Waals surface area contributed by atoms with Crippen LogP contribution in [-0.2, 0) is 16.1 Å². The molecule has 0 fully saturated rings. The van der Waals surface area contributed by atoms with E-state index >= 15 is 0 Å². The SMILES string of the molecule is COCc1cccc(NC(=O)CC(C)CN)c1. The van der Waals surface area contributed by atoms with Crippen molar-refractivity contribution in [3.8, 4) is 0 Å². The lowest BCUT2D eigenvalue weighted by Crippen LogP contribution is -2.20. The molecular weight excluding hydrogens is 216 g/mol. The molecule has 1 unspecified atom stereocenters. The Balaban J connectivity index is 2.55. The zero-order valence-corrected chi connectivity index (χ0v) is 10.4. The molecule has 1 rings (SSSR count). The first-order valence-electron chi connectivity index (χ1n) is 5.73. The number of benzene rings is 1. The Morgan fingerprint density at radius 1 is 1.53 bits per heavy atom. The Morgan fingerprint density at radius 2 is 2.29 bits per heavy atom. The van der Waals surface area contributed by atoms with Crippen LogP contribution in [0.2, 0.25) is 0 Å². The fraction of sp³-hybridized carbons (Fsp3) is 0.462. The van der Waals surface area contributed by atoms with Crippen LogP contribution in [0.1, 0.15) is 18.9 Å². The summed E-state index contributed by atoms with van der Waals surface area (Å²) in [6.07, 6.45) is 0.449. The van der Waals surface area contributed by atoms with Crippen LogP contribution in [0, 0.1) is 5.92 Å². The molecule has 94 valence electrons. The van der Waals surface area contributed by atoms with Gasteiger partial charge < -0.3 is 15.8 Å². The summed E-state index contributed by atoms with van der Waals surface area (Å²) in [7, 11) is 1.65. The normalized spacial score (nSPS) is 12.2. The molecule has 0 aliphatic rings. The number of rotatable bonds is 6. The number of hydrogen-bond donors (Lipinski definition) is 2. The quantitative estimate of drug-likeness (QED) is 0.791. The van der Waals surface area contributed by atoms with Gasteiger partial charge in [-0.2, -0.15) is 0 Å². The molecular formula is C13H20N2O2. The lowest BCUT2D eigenvalue weighted by atomic mass is 10.1. The van der Waals surface area contributed by atoms with E-state index in [1.54, 1.807) is 7.11 Å². The molecule has 1 aromatic rings. The van der Waals surface area contributed by atoms with E-state index in [9.17, 15) is 4.79 Å². The zero-order valence-electron chi connectivity index (χ0n) is 10.4. The first-order chi connectivity index (χ1) is 8.15. The second kappa shape index (κ2) is 7.04. The molecule has 0 heterocycles. The van der Waals surface area contributed by atoms with Gasteiger partial charge in [0.1, 0.15) is 0 Å². The number of carbonyl (C=O) groups is 1. The fourth-order valence-corrected chi connectivity index (χ4v) is 1.52. The van der Waals surface area contributed by atoms with E-state index in [4.69, 9.17) is 10.5 Å². The third-order valence-corrected chi connectivity index (χ3v) is 2.46. The van der Waals surface area contributed by atoms with Gasteiger partial charge in [-0.3, -0.25) is 4.79 Å². The van der Waals surface area contributed by atoms with Gasteiger partial charge in [-0.1, -0.05) is 19.1 Å². The zero-order chi connectivity index (χ0) is 12.7. The van der Waals surface area contributed by atoms with Crippen LogP contribution in [-0.4, -0.2) is 19.6 Å². The molecule has 4 heteroatoms. The summed E-state index contributed by atoms with van der Waals surface area (Å²) < 4.78 is 5.04. The van der Waals surface area contributed by atoms with Crippen molar-refractivity contribution in [2.24, 2.45) is 11.7 Å². The van der Waals surface area contributed by atoms with Gasteiger partial charge in [0.05, 0.1) is 6.61 Å². The van der Waals surface area contributed by atoms with Crippen LogP contribution >= 0.6 is 0 Å². The first-order valence-corrected chi connectivity index (χ1v) is 5.73. The third-order valence-electron chi connectivity index (χ3n) is 2.46. The van der Waals surface area contributed by atoms with Crippen molar-refractivity contribution in [3.05, 3.63) is 29.8 Å². The van der Waals surface area contributed by atoms with Crippen LogP contribution in [0.4, 0.5) is 5.69 Å². The smallest absolute Gasteiger partial charge is 0.224 e. The largest absolute Gasteiger partial charge is 0.380 e. The molecule has 0 saturated carbocycles. The highest BCUT2D eigenvalue weighted by molar-refractivity contribution is 5.90. The number of amides is 1.